The standard InChI is InChI=1S/C12H14N2O3/c1-3-17-12(16)10(14-13)11(15)9-6-4-8(2)5-7-9/h4-7,11,15H,3H2,1-2H3. The highest BCUT2D eigenvalue weighted by molar-refractivity contribution is 6.35. The molecule has 90 valence electrons. The third-order valence-corrected chi connectivity index (χ3v) is 2.24. The molecule has 0 fully saturated rings. The van der Waals surface area contributed by atoms with E-state index in [9.17, 15) is 9.90 Å². The summed E-state index contributed by atoms with van der Waals surface area (Å²) >= 11 is 0. The van der Waals surface area contributed by atoms with Crippen LogP contribution in [0.5, 0.6) is 0 Å². The maximum atomic E-state index is 11.4. The van der Waals surface area contributed by atoms with Crippen LogP contribution in [0.1, 0.15) is 24.2 Å². The van der Waals surface area contributed by atoms with Gasteiger partial charge in [-0.15, -0.1) is 0 Å². The number of aryl methyl sites for hydroxylation is 1. The number of aliphatic hydroxyl groups excluding tert-OH is 1. The fraction of sp³-hybridized carbons (Fsp3) is 0.333. The molecule has 1 rings (SSSR count). The lowest BCUT2D eigenvalue weighted by atomic mass is 10.0. The SMILES string of the molecule is CCOC(=O)C(=[N+]=[N-])C(O)c1ccc(C)cc1. The molecule has 0 bridgehead atoms. The van der Waals surface area contributed by atoms with E-state index in [0.29, 0.717) is 5.56 Å². The Morgan fingerprint density at radius 3 is 2.53 bits per heavy atom. The second-order valence-corrected chi connectivity index (χ2v) is 3.52. The number of rotatable bonds is 4. The van der Waals surface area contributed by atoms with Gasteiger partial charge in [0.05, 0.1) is 6.61 Å². The lowest BCUT2D eigenvalue weighted by molar-refractivity contribution is -0.141. The van der Waals surface area contributed by atoms with Gasteiger partial charge in [-0.25, -0.2) is 4.79 Å². The predicted octanol–water partition coefficient (Wildman–Crippen LogP) is 1.26. The summed E-state index contributed by atoms with van der Waals surface area (Å²) in [5, 5.41) is 9.88. The van der Waals surface area contributed by atoms with E-state index in [1.54, 1.807) is 31.2 Å². The minimum Gasteiger partial charge on any atom is -0.457 e. The smallest absolute Gasteiger partial charge is 0.420 e. The van der Waals surface area contributed by atoms with E-state index < -0.39 is 17.8 Å². The first kappa shape index (κ1) is 13.1. The number of carbonyl (C=O) groups is 1. The monoisotopic (exact) mass is 234 g/mol. The maximum Gasteiger partial charge on any atom is 0.420 e. The highest BCUT2D eigenvalue weighted by Gasteiger charge is 2.32. The molecule has 1 unspecified atom stereocenters. The van der Waals surface area contributed by atoms with Crippen molar-refractivity contribution in [3.8, 4) is 0 Å². The summed E-state index contributed by atoms with van der Waals surface area (Å²) < 4.78 is 4.67. The van der Waals surface area contributed by atoms with Crippen molar-refractivity contribution in [3.05, 3.63) is 40.9 Å². The molecule has 0 saturated heterocycles. The minimum atomic E-state index is -1.29. The molecule has 5 nitrogen and oxygen atoms in total. The van der Waals surface area contributed by atoms with Crippen molar-refractivity contribution < 1.29 is 19.4 Å². The van der Waals surface area contributed by atoms with Gasteiger partial charge >= 0.3 is 11.7 Å². The predicted molar refractivity (Wildman–Crippen MR) is 61.4 cm³/mol. The minimum absolute atomic E-state index is 0.151. The van der Waals surface area contributed by atoms with Crippen LogP contribution in [0.25, 0.3) is 5.53 Å². The van der Waals surface area contributed by atoms with Crippen LogP contribution in [0.15, 0.2) is 24.3 Å². The molecule has 0 spiro atoms. The topological polar surface area (TPSA) is 82.9 Å². The lowest BCUT2D eigenvalue weighted by Crippen LogP contribution is -2.25. The Hall–Kier alpha value is -1.97. The van der Waals surface area contributed by atoms with E-state index in [0.717, 1.165) is 5.56 Å². The summed E-state index contributed by atoms with van der Waals surface area (Å²) in [5.74, 6) is -0.830. The maximum absolute atomic E-state index is 11.4. The van der Waals surface area contributed by atoms with Crippen molar-refractivity contribution >= 4 is 11.7 Å². The summed E-state index contributed by atoms with van der Waals surface area (Å²) in [6.07, 6.45) is -1.29. The fourth-order valence-corrected chi connectivity index (χ4v) is 1.32. The molecule has 0 aliphatic carbocycles. The fourth-order valence-electron chi connectivity index (χ4n) is 1.32. The quantitative estimate of drug-likeness (QED) is 0.368. The highest BCUT2D eigenvalue weighted by Crippen LogP contribution is 2.15. The Morgan fingerprint density at radius 1 is 1.47 bits per heavy atom. The van der Waals surface area contributed by atoms with Crippen LogP contribution in [-0.4, -0.2) is 28.2 Å². The highest BCUT2D eigenvalue weighted by atomic mass is 16.5. The van der Waals surface area contributed by atoms with E-state index in [2.05, 4.69) is 9.53 Å². The lowest BCUT2D eigenvalue weighted by Gasteiger charge is -2.06. The van der Waals surface area contributed by atoms with Crippen molar-refractivity contribution in [2.24, 2.45) is 0 Å². The molecule has 1 aromatic rings. The Labute approximate surface area is 99.3 Å². The van der Waals surface area contributed by atoms with Crippen LogP contribution in [0.2, 0.25) is 0 Å². The first-order chi connectivity index (χ1) is 8.10. The van der Waals surface area contributed by atoms with E-state index in [4.69, 9.17) is 5.53 Å². The molecule has 0 aliphatic heterocycles. The van der Waals surface area contributed by atoms with Crippen LogP contribution >= 0.6 is 0 Å². The molecule has 1 N–H and O–H groups in total. The summed E-state index contributed by atoms with van der Waals surface area (Å²) in [5.41, 5.74) is 9.81. The van der Waals surface area contributed by atoms with E-state index >= 15 is 0 Å². The van der Waals surface area contributed by atoms with Crippen LogP contribution < -0.4 is 0 Å². The zero-order valence-corrected chi connectivity index (χ0v) is 9.75. The molecule has 0 aromatic heterocycles. The van der Waals surface area contributed by atoms with Crippen molar-refractivity contribution in [1.29, 1.82) is 0 Å². The van der Waals surface area contributed by atoms with Gasteiger partial charge in [-0.05, 0) is 19.4 Å². The summed E-state index contributed by atoms with van der Waals surface area (Å²) in [4.78, 5) is 14.2. The van der Waals surface area contributed by atoms with Crippen LogP contribution in [0.3, 0.4) is 0 Å². The van der Waals surface area contributed by atoms with Crippen molar-refractivity contribution in [1.82, 2.24) is 0 Å². The Kier molecular flexibility index (Phi) is 4.57. The first-order valence-electron chi connectivity index (χ1n) is 5.23. The van der Waals surface area contributed by atoms with Gasteiger partial charge < -0.3 is 15.4 Å². The van der Waals surface area contributed by atoms with Crippen molar-refractivity contribution in [2.75, 3.05) is 6.61 Å². The Bertz CT molecular complexity index is 447. The van der Waals surface area contributed by atoms with Crippen LogP contribution in [0, 0.1) is 6.92 Å². The molecule has 1 aromatic carbocycles. The van der Waals surface area contributed by atoms with Gasteiger partial charge in [0.1, 0.15) is 0 Å². The second-order valence-electron chi connectivity index (χ2n) is 3.52. The number of hydrogen-bond donors (Lipinski definition) is 1. The molecule has 5 heteroatoms. The van der Waals surface area contributed by atoms with Gasteiger partial charge in [0, 0.05) is 0 Å². The second kappa shape index (κ2) is 5.94. The third kappa shape index (κ3) is 3.24. The summed E-state index contributed by atoms with van der Waals surface area (Å²) in [7, 11) is 0. The number of aliphatic hydroxyl groups is 1. The molecule has 0 radical (unpaired) electrons. The van der Waals surface area contributed by atoms with E-state index in [-0.39, 0.29) is 6.61 Å². The Balaban J connectivity index is 2.94. The Morgan fingerprint density at radius 2 is 2.06 bits per heavy atom. The zero-order chi connectivity index (χ0) is 12.8. The van der Waals surface area contributed by atoms with E-state index in [1.807, 2.05) is 6.92 Å². The first-order valence-corrected chi connectivity index (χ1v) is 5.23. The number of carbonyl (C=O) groups excluding carboxylic acids is 1. The number of hydrogen-bond acceptors (Lipinski definition) is 3. The number of ether oxygens (including phenoxy) is 1. The molecule has 1 atom stereocenters. The van der Waals surface area contributed by atoms with Gasteiger partial charge in [0.15, 0.2) is 6.10 Å². The van der Waals surface area contributed by atoms with Gasteiger partial charge in [0.25, 0.3) is 0 Å². The molecule has 17 heavy (non-hydrogen) atoms. The summed E-state index contributed by atoms with van der Waals surface area (Å²) in [6, 6.07) is 6.90. The summed E-state index contributed by atoms with van der Waals surface area (Å²) in [6.45, 7) is 3.69. The van der Waals surface area contributed by atoms with Gasteiger partial charge in [-0.3, -0.25) is 0 Å². The molecule has 0 amide bonds. The van der Waals surface area contributed by atoms with Gasteiger partial charge in [0.2, 0.25) is 0 Å². The van der Waals surface area contributed by atoms with Crippen LogP contribution in [-0.2, 0) is 9.53 Å². The van der Waals surface area contributed by atoms with Gasteiger partial charge in [-0.2, -0.15) is 4.79 Å². The van der Waals surface area contributed by atoms with Crippen molar-refractivity contribution in [2.45, 2.75) is 20.0 Å². The average Bonchev–Trinajstić information content (AvgIpc) is 2.31. The molecular formula is C12H14N2O3. The molecule has 0 aliphatic rings. The zero-order valence-electron chi connectivity index (χ0n) is 9.75. The molecular weight excluding hydrogens is 220 g/mol. The third-order valence-electron chi connectivity index (χ3n) is 2.24. The molecule has 0 saturated carbocycles. The molecule has 0 heterocycles. The number of esters is 1. The van der Waals surface area contributed by atoms with E-state index in [1.165, 1.54) is 0 Å². The van der Waals surface area contributed by atoms with Gasteiger partial charge in [-0.1, -0.05) is 29.8 Å². The number of benzene rings is 1. The number of nitrogens with zero attached hydrogens (tertiary/aromatic N) is 2. The average molecular weight is 234 g/mol. The van der Waals surface area contributed by atoms with Crippen molar-refractivity contribution in [3.63, 3.8) is 0 Å². The largest absolute Gasteiger partial charge is 0.457 e. The normalized spacial score (nSPS) is 11.5. The van der Waals surface area contributed by atoms with Crippen LogP contribution in [0.4, 0.5) is 0 Å².